The van der Waals surface area contributed by atoms with Crippen molar-refractivity contribution in [3.05, 3.63) is 55.9 Å². The average Bonchev–Trinajstić information content (AvgIpc) is 3.39. The van der Waals surface area contributed by atoms with Gasteiger partial charge in [0.05, 0.1) is 22.2 Å². The molecule has 0 aliphatic carbocycles. The molecule has 1 unspecified atom stereocenters. The number of rotatable bonds is 13. The van der Waals surface area contributed by atoms with Gasteiger partial charge in [0.25, 0.3) is 25.2 Å². The van der Waals surface area contributed by atoms with E-state index >= 15 is 0 Å². The van der Waals surface area contributed by atoms with Gasteiger partial charge in [-0.1, -0.05) is 53.2 Å². The summed E-state index contributed by atoms with van der Waals surface area (Å²) < 4.78 is 70.8. The lowest BCUT2D eigenvalue weighted by molar-refractivity contribution is -0.699. The van der Waals surface area contributed by atoms with Crippen molar-refractivity contribution in [1.29, 1.82) is 0 Å². The van der Waals surface area contributed by atoms with E-state index in [9.17, 15) is 16.8 Å². The number of anilines is 1. The van der Waals surface area contributed by atoms with Crippen molar-refractivity contribution < 1.29 is 35.2 Å². The minimum atomic E-state index is -4.03. The first-order valence-corrected chi connectivity index (χ1v) is 18.6. The van der Waals surface area contributed by atoms with Gasteiger partial charge in [0.1, 0.15) is 4.88 Å². The molecule has 9 nitrogen and oxygen atoms in total. The van der Waals surface area contributed by atoms with Crippen molar-refractivity contribution in [1.82, 2.24) is 0 Å². The lowest BCUT2D eigenvalue weighted by Gasteiger charge is -2.21. The first kappa shape index (κ1) is 32.3. The fraction of sp³-hybridized carbons (Fsp3) is 0.423. The zero-order chi connectivity index (χ0) is 29.8. The predicted octanol–water partition coefficient (Wildman–Crippen LogP) is 6.24. The standard InChI is InChI=1S/C26H30Cl2N2O7S4/c1-2-18(15-24-29(11-3-5-13-40(31,32)33)20-17-19(27)7-8-21(20)38-24)16-25-30(12-4-6-14-41(34,35)36)26-22(39-25)9-10-23(28)37-26/h7-10,15-17,23H,2-6,11-14H2,1H3,(H-,31,32,33,34,35,36)/p+1. The highest BCUT2D eigenvalue weighted by Gasteiger charge is 2.31. The van der Waals surface area contributed by atoms with Gasteiger partial charge in [-0.25, -0.2) is 0 Å². The topological polar surface area (TPSA) is 125 Å². The summed E-state index contributed by atoms with van der Waals surface area (Å²) in [6.45, 7) is 3.09. The lowest BCUT2D eigenvalue weighted by Crippen LogP contribution is -2.38. The van der Waals surface area contributed by atoms with Gasteiger partial charge in [0.2, 0.25) is 0 Å². The summed E-state index contributed by atoms with van der Waals surface area (Å²) in [6, 6.07) is 5.69. The Hall–Kier alpha value is -1.58. The quantitative estimate of drug-likeness (QED) is 0.109. The van der Waals surface area contributed by atoms with Gasteiger partial charge in [-0.3, -0.25) is 9.11 Å². The molecule has 1 atom stereocenters. The summed E-state index contributed by atoms with van der Waals surface area (Å²) in [5.41, 5.74) is 1.37. The van der Waals surface area contributed by atoms with Crippen LogP contribution in [0.25, 0.3) is 12.2 Å². The van der Waals surface area contributed by atoms with Crippen molar-refractivity contribution >= 4 is 84.4 Å². The molecule has 0 fully saturated rings. The summed E-state index contributed by atoms with van der Waals surface area (Å²) in [4.78, 5) is 4.06. The number of halogens is 2. The number of thioether (sulfide) groups is 1. The molecule has 224 valence electrons. The molecule has 0 saturated heterocycles. The monoisotopic (exact) mass is 681 g/mol. The number of fused-ring (bicyclic) bond motifs is 2. The van der Waals surface area contributed by atoms with Crippen LogP contribution in [0.2, 0.25) is 5.02 Å². The van der Waals surface area contributed by atoms with Gasteiger partial charge in [-0.05, 0) is 67.7 Å². The molecule has 0 spiro atoms. The Morgan fingerprint density at radius 1 is 1.12 bits per heavy atom. The van der Waals surface area contributed by atoms with Gasteiger partial charge in [-0.15, -0.1) is 0 Å². The molecule has 0 saturated carbocycles. The number of nitrogens with zero attached hydrogens (tertiary/aromatic N) is 2. The number of aromatic nitrogens is 1. The number of allylic oxidation sites excluding steroid dienone is 2. The summed E-state index contributed by atoms with van der Waals surface area (Å²) in [6.07, 6.45) is 10.3. The van der Waals surface area contributed by atoms with Crippen LogP contribution in [-0.4, -0.2) is 49.6 Å². The molecular weight excluding hydrogens is 651 g/mol. The maximum atomic E-state index is 11.2. The highest BCUT2D eigenvalue weighted by atomic mass is 35.5. The number of hydrogen-bond donors (Lipinski definition) is 2. The van der Waals surface area contributed by atoms with Crippen LogP contribution in [0.5, 0.6) is 5.88 Å². The van der Waals surface area contributed by atoms with Gasteiger partial charge < -0.3 is 9.64 Å². The van der Waals surface area contributed by atoms with Crippen molar-refractivity contribution in [2.45, 2.75) is 56.0 Å². The van der Waals surface area contributed by atoms with E-state index in [1.54, 1.807) is 17.8 Å². The molecule has 0 bridgehead atoms. The Morgan fingerprint density at radius 3 is 2.51 bits per heavy atom. The van der Waals surface area contributed by atoms with E-state index in [-0.39, 0.29) is 11.5 Å². The first-order valence-electron chi connectivity index (χ1n) is 13.0. The molecule has 4 rings (SSSR count). The second kappa shape index (κ2) is 13.8. The van der Waals surface area contributed by atoms with Gasteiger partial charge >= 0.3 is 5.88 Å². The second-order valence-electron chi connectivity index (χ2n) is 9.50. The fourth-order valence-corrected chi connectivity index (χ4v) is 8.10. The average molecular weight is 683 g/mol. The third-order valence-electron chi connectivity index (χ3n) is 6.35. The minimum Gasteiger partial charge on any atom is -0.420 e. The van der Waals surface area contributed by atoms with Crippen LogP contribution in [0.1, 0.15) is 48.9 Å². The summed E-state index contributed by atoms with van der Waals surface area (Å²) >= 11 is 15.7. The van der Waals surface area contributed by atoms with E-state index in [1.807, 2.05) is 28.8 Å². The highest BCUT2D eigenvalue weighted by Crippen LogP contribution is 2.47. The SMILES string of the molecule is CCC(=Cc1sc2c([n+]1CCCCS(=O)(=O)O)OC(Cl)C=C2)C=C1Sc2ccc(Cl)cc2N1CCCCS(=O)(=O)O. The Balaban J connectivity index is 1.63. The zero-order valence-electron chi connectivity index (χ0n) is 22.2. The third kappa shape index (κ3) is 9.20. The summed E-state index contributed by atoms with van der Waals surface area (Å²) in [5, 5.41) is 2.49. The highest BCUT2D eigenvalue weighted by molar-refractivity contribution is 8.03. The van der Waals surface area contributed by atoms with Crippen LogP contribution in [0, 0.1) is 0 Å². The molecule has 2 aliphatic heterocycles. The van der Waals surface area contributed by atoms with Crippen LogP contribution in [0.4, 0.5) is 5.69 Å². The molecule has 1 aromatic carbocycles. The number of hydrogen-bond acceptors (Lipinski definition) is 8. The molecule has 2 aromatic rings. The van der Waals surface area contributed by atoms with E-state index in [0.717, 1.165) is 37.5 Å². The smallest absolute Gasteiger partial charge is 0.388 e. The third-order valence-corrected chi connectivity index (χ3v) is 10.6. The Morgan fingerprint density at radius 2 is 1.83 bits per heavy atom. The Kier molecular flexibility index (Phi) is 10.9. The molecule has 0 radical (unpaired) electrons. The van der Waals surface area contributed by atoms with Crippen LogP contribution in [-0.2, 0) is 26.8 Å². The van der Waals surface area contributed by atoms with Crippen LogP contribution < -0.4 is 14.2 Å². The molecule has 2 N–H and O–H groups in total. The molecular formula is C26H31Cl2N2O7S4+. The van der Waals surface area contributed by atoms with Crippen LogP contribution >= 0.6 is 46.3 Å². The normalized spacial score (nSPS) is 18.1. The molecule has 41 heavy (non-hydrogen) atoms. The number of benzene rings is 1. The summed E-state index contributed by atoms with van der Waals surface area (Å²) in [7, 11) is -8.05. The molecule has 1 aromatic heterocycles. The van der Waals surface area contributed by atoms with Gasteiger partial charge in [0.15, 0.2) is 12.1 Å². The lowest BCUT2D eigenvalue weighted by atomic mass is 10.2. The largest absolute Gasteiger partial charge is 0.420 e. The molecule has 3 heterocycles. The van der Waals surface area contributed by atoms with E-state index in [4.69, 9.17) is 37.0 Å². The second-order valence-corrected chi connectivity index (χ2v) is 15.6. The van der Waals surface area contributed by atoms with E-state index in [1.165, 1.54) is 11.3 Å². The number of unbranched alkanes of at least 4 members (excludes halogenated alkanes) is 2. The Labute approximate surface area is 259 Å². The van der Waals surface area contributed by atoms with Crippen molar-refractivity contribution in [3.8, 4) is 5.88 Å². The van der Waals surface area contributed by atoms with Crippen molar-refractivity contribution in [3.63, 3.8) is 0 Å². The minimum absolute atomic E-state index is 0.289. The predicted molar refractivity (Wildman–Crippen MR) is 166 cm³/mol. The van der Waals surface area contributed by atoms with E-state index in [0.29, 0.717) is 49.7 Å². The van der Waals surface area contributed by atoms with Crippen LogP contribution in [0.15, 0.2) is 45.8 Å². The molecule has 15 heteroatoms. The zero-order valence-corrected chi connectivity index (χ0v) is 27.0. The maximum Gasteiger partial charge on any atom is 0.388 e. The van der Waals surface area contributed by atoms with Gasteiger partial charge in [0, 0.05) is 29.0 Å². The van der Waals surface area contributed by atoms with E-state index in [2.05, 4.69) is 24.0 Å². The maximum absolute atomic E-state index is 11.2. The Bertz CT molecular complexity index is 1580. The molecule has 2 aliphatic rings. The van der Waals surface area contributed by atoms with Crippen molar-refractivity contribution in [2.75, 3.05) is 23.0 Å². The fourth-order valence-electron chi connectivity index (χ4n) is 4.38. The number of alkyl halides is 1. The number of ether oxygens (including phenoxy) is 1. The van der Waals surface area contributed by atoms with Crippen molar-refractivity contribution in [2.24, 2.45) is 0 Å². The van der Waals surface area contributed by atoms with E-state index < -0.39 is 25.8 Å². The van der Waals surface area contributed by atoms with Crippen LogP contribution in [0.3, 0.4) is 0 Å². The number of thiazole rings is 1. The van der Waals surface area contributed by atoms with Gasteiger partial charge in [-0.2, -0.15) is 21.4 Å². The summed E-state index contributed by atoms with van der Waals surface area (Å²) in [5.74, 6) is 0.0251. The molecule has 0 amide bonds. The first-order chi connectivity index (χ1) is 19.3.